The number of hydrogen-bond acceptors (Lipinski definition) is 7. The first kappa shape index (κ1) is 19.3. The molecule has 0 fully saturated rings. The summed E-state index contributed by atoms with van der Waals surface area (Å²) in [5.74, 6) is 0.743. The van der Waals surface area contributed by atoms with E-state index in [0.29, 0.717) is 30.3 Å². The maximum absolute atomic E-state index is 13.4. The predicted molar refractivity (Wildman–Crippen MR) is 110 cm³/mol. The lowest BCUT2D eigenvalue weighted by Crippen LogP contribution is -2.41. The Morgan fingerprint density at radius 3 is 2.90 bits per heavy atom. The Morgan fingerprint density at radius 1 is 1.32 bits per heavy atom. The molecule has 0 saturated heterocycles. The van der Waals surface area contributed by atoms with Gasteiger partial charge in [-0.2, -0.15) is 5.10 Å². The molecule has 1 aliphatic rings. The van der Waals surface area contributed by atoms with Crippen LogP contribution in [0.4, 0.5) is 0 Å². The molecule has 31 heavy (non-hydrogen) atoms. The molecule has 0 spiro atoms. The van der Waals surface area contributed by atoms with Crippen molar-refractivity contribution in [3.05, 3.63) is 59.6 Å². The van der Waals surface area contributed by atoms with Crippen LogP contribution in [0.25, 0.3) is 5.52 Å². The van der Waals surface area contributed by atoms with Gasteiger partial charge in [0.05, 0.1) is 24.8 Å². The zero-order chi connectivity index (χ0) is 21.8. The Hall–Kier alpha value is -3.69. The predicted octanol–water partition coefficient (Wildman–Crippen LogP) is 2.53. The summed E-state index contributed by atoms with van der Waals surface area (Å²) in [5, 5.41) is 12.8. The molecular formula is C21H23N7O3. The summed E-state index contributed by atoms with van der Waals surface area (Å²) >= 11 is 0. The summed E-state index contributed by atoms with van der Waals surface area (Å²) in [6, 6.07) is 5.16. The molecule has 0 unspecified atom stereocenters. The SMILES string of the molecule is COc1cccn2nc([C@H]3c4nc[nH]c4CCN3C(=O)c3nnc(C(C)(C)C)o3)cc12. The normalized spacial score (nSPS) is 16.5. The van der Waals surface area contributed by atoms with Gasteiger partial charge in [0.15, 0.2) is 0 Å². The van der Waals surface area contributed by atoms with Gasteiger partial charge in [0.2, 0.25) is 5.89 Å². The smallest absolute Gasteiger partial charge is 0.312 e. The maximum Gasteiger partial charge on any atom is 0.312 e. The van der Waals surface area contributed by atoms with Crippen molar-refractivity contribution in [1.29, 1.82) is 0 Å². The van der Waals surface area contributed by atoms with Crippen LogP contribution >= 0.6 is 0 Å². The highest BCUT2D eigenvalue weighted by atomic mass is 16.5. The zero-order valence-corrected chi connectivity index (χ0v) is 17.8. The number of nitrogens with zero attached hydrogens (tertiary/aromatic N) is 6. The van der Waals surface area contributed by atoms with Gasteiger partial charge in [-0.05, 0) is 18.2 Å². The van der Waals surface area contributed by atoms with Gasteiger partial charge >= 0.3 is 11.8 Å². The van der Waals surface area contributed by atoms with Gasteiger partial charge in [-0.15, -0.1) is 10.2 Å². The van der Waals surface area contributed by atoms with Crippen LogP contribution < -0.4 is 4.74 Å². The number of fused-ring (bicyclic) bond motifs is 2. The fourth-order valence-electron chi connectivity index (χ4n) is 3.85. The Bertz CT molecular complexity index is 1260. The second-order valence-corrected chi connectivity index (χ2v) is 8.56. The number of pyridine rings is 1. The first-order valence-corrected chi connectivity index (χ1v) is 10.1. The van der Waals surface area contributed by atoms with Crippen LogP contribution in [0, 0.1) is 0 Å². The number of carbonyl (C=O) groups is 1. The van der Waals surface area contributed by atoms with Gasteiger partial charge < -0.3 is 19.0 Å². The molecule has 4 aromatic rings. The van der Waals surface area contributed by atoms with Crippen molar-refractivity contribution in [2.75, 3.05) is 13.7 Å². The van der Waals surface area contributed by atoms with Crippen molar-refractivity contribution < 1.29 is 13.9 Å². The highest BCUT2D eigenvalue weighted by molar-refractivity contribution is 5.90. The van der Waals surface area contributed by atoms with Gasteiger partial charge in [0, 0.05) is 30.3 Å². The van der Waals surface area contributed by atoms with Crippen LogP contribution in [-0.2, 0) is 11.8 Å². The van der Waals surface area contributed by atoms with Gasteiger partial charge in [0.25, 0.3) is 0 Å². The van der Waals surface area contributed by atoms with E-state index in [2.05, 4.69) is 20.2 Å². The summed E-state index contributed by atoms with van der Waals surface area (Å²) in [6.45, 7) is 6.34. The summed E-state index contributed by atoms with van der Waals surface area (Å²) in [6.07, 6.45) is 4.14. The van der Waals surface area contributed by atoms with E-state index in [0.717, 1.165) is 16.9 Å². The summed E-state index contributed by atoms with van der Waals surface area (Å²) in [5.41, 5.74) is 2.89. The van der Waals surface area contributed by atoms with E-state index < -0.39 is 6.04 Å². The summed E-state index contributed by atoms with van der Waals surface area (Å²) in [4.78, 5) is 22.8. The molecule has 0 bridgehead atoms. The molecule has 4 aromatic heterocycles. The molecule has 0 saturated carbocycles. The minimum absolute atomic E-state index is 0.0322. The summed E-state index contributed by atoms with van der Waals surface area (Å²) in [7, 11) is 1.62. The van der Waals surface area contributed by atoms with E-state index in [-0.39, 0.29) is 17.2 Å². The number of methoxy groups -OCH3 is 1. The van der Waals surface area contributed by atoms with Crippen LogP contribution in [0.1, 0.15) is 60.5 Å². The molecule has 0 aliphatic carbocycles. The molecule has 5 rings (SSSR count). The molecule has 1 aliphatic heterocycles. The number of amides is 1. The van der Waals surface area contributed by atoms with Crippen molar-refractivity contribution in [2.24, 2.45) is 0 Å². The number of H-pyrrole nitrogens is 1. The molecule has 10 nitrogen and oxygen atoms in total. The number of aromatic amines is 1. The number of ether oxygens (including phenoxy) is 1. The number of imidazole rings is 1. The van der Waals surface area contributed by atoms with Gasteiger partial charge in [0.1, 0.15) is 17.3 Å². The second kappa shape index (κ2) is 6.93. The number of hydrogen-bond donors (Lipinski definition) is 1. The second-order valence-electron chi connectivity index (χ2n) is 8.56. The van der Waals surface area contributed by atoms with Crippen molar-refractivity contribution in [3.8, 4) is 5.75 Å². The third-order valence-electron chi connectivity index (χ3n) is 5.42. The van der Waals surface area contributed by atoms with Crippen LogP contribution in [0.15, 0.2) is 35.1 Å². The Morgan fingerprint density at radius 2 is 2.16 bits per heavy atom. The van der Waals surface area contributed by atoms with E-state index >= 15 is 0 Å². The molecule has 0 aromatic carbocycles. The van der Waals surface area contributed by atoms with Crippen LogP contribution in [-0.4, -0.2) is 54.2 Å². The fourth-order valence-corrected chi connectivity index (χ4v) is 3.85. The van der Waals surface area contributed by atoms with E-state index in [1.807, 2.05) is 45.2 Å². The summed E-state index contributed by atoms with van der Waals surface area (Å²) < 4.78 is 12.9. The van der Waals surface area contributed by atoms with Crippen LogP contribution in [0.3, 0.4) is 0 Å². The van der Waals surface area contributed by atoms with Crippen LogP contribution in [0.5, 0.6) is 5.75 Å². The molecule has 10 heteroatoms. The number of carbonyl (C=O) groups excluding carboxylic acids is 1. The number of rotatable bonds is 3. The quantitative estimate of drug-likeness (QED) is 0.540. The molecule has 160 valence electrons. The molecule has 5 heterocycles. The molecule has 0 radical (unpaired) electrons. The maximum atomic E-state index is 13.4. The zero-order valence-electron chi connectivity index (χ0n) is 17.8. The van der Waals surface area contributed by atoms with Crippen molar-refractivity contribution >= 4 is 11.4 Å². The lowest BCUT2D eigenvalue weighted by Gasteiger charge is -2.32. The fraction of sp³-hybridized carbons (Fsp3) is 0.381. The Labute approximate surface area is 178 Å². The number of aromatic nitrogens is 6. The molecule has 1 atom stereocenters. The Kier molecular flexibility index (Phi) is 4.31. The van der Waals surface area contributed by atoms with E-state index in [4.69, 9.17) is 14.3 Å². The lowest BCUT2D eigenvalue weighted by atomic mass is 9.97. The highest BCUT2D eigenvalue weighted by Gasteiger charge is 2.38. The van der Waals surface area contributed by atoms with Gasteiger partial charge in [-0.1, -0.05) is 20.8 Å². The Balaban J connectivity index is 1.59. The first-order valence-electron chi connectivity index (χ1n) is 10.1. The van der Waals surface area contributed by atoms with Gasteiger partial charge in [-0.25, -0.2) is 9.50 Å². The van der Waals surface area contributed by atoms with E-state index in [1.54, 1.807) is 22.9 Å². The average molecular weight is 421 g/mol. The lowest BCUT2D eigenvalue weighted by molar-refractivity contribution is 0.0642. The molecule has 1 N–H and O–H groups in total. The third kappa shape index (κ3) is 3.15. The average Bonchev–Trinajstić information content (AvgIpc) is 3.50. The van der Waals surface area contributed by atoms with E-state index in [1.165, 1.54) is 0 Å². The largest absolute Gasteiger partial charge is 0.494 e. The third-order valence-corrected chi connectivity index (χ3v) is 5.42. The standard InChI is InChI=1S/C21H23N7O3/c1-21(2,3)20-25-24-18(31-20)19(29)27-9-7-12-16(23-11-22-12)17(27)13-10-14-15(30-4)6-5-8-28(14)26-13/h5-6,8,10-11,17H,7,9H2,1-4H3,(H,22,23)/t17-/m0/s1. The van der Waals surface area contributed by atoms with Gasteiger partial charge in [-0.3, -0.25) is 4.79 Å². The minimum Gasteiger partial charge on any atom is -0.494 e. The van der Waals surface area contributed by atoms with Crippen LogP contribution in [0.2, 0.25) is 0 Å². The monoisotopic (exact) mass is 421 g/mol. The van der Waals surface area contributed by atoms with E-state index in [9.17, 15) is 4.79 Å². The number of nitrogens with one attached hydrogen (secondary N) is 1. The van der Waals surface area contributed by atoms with Crippen molar-refractivity contribution in [1.82, 2.24) is 34.7 Å². The molecule has 1 amide bonds. The van der Waals surface area contributed by atoms with Crippen molar-refractivity contribution in [2.45, 2.75) is 38.6 Å². The first-order chi connectivity index (χ1) is 14.9. The molecular weight excluding hydrogens is 398 g/mol. The van der Waals surface area contributed by atoms with Crippen molar-refractivity contribution in [3.63, 3.8) is 0 Å². The highest BCUT2D eigenvalue weighted by Crippen LogP contribution is 2.35. The minimum atomic E-state index is -0.489. The topological polar surface area (TPSA) is 114 Å².